The van der Waals surface area contributed by atoms with Gasteiger partial charge in [-0.1, -0.05) is 31.2 Å². The average Bonchev–Trinajstić information content (AvgIpc) is 3.62. The molecule has 2 aromatic rings. The van der Waals surface area contributed by atoms with Crippen LogP contribution >= 0.6 is 0 Å². The maximum Gasteiger partial charge on any atom is 0.232 e. The molecule has 0 bridgehead atoms. The van der Waals surface area contributed by atoms with Gasteiger partial charge in [0, 0.05) is 35.8 Å². The number of hydrogen-bond donors (Lipinski definition) is 3. The van der Waals surface area contributed by atoms with Crippen LogP contribution in [0, 0.1) is 17.2 Å². The maximum absolute atomic E-state index is 13.5. The Kier molecular flexibility index (Phi) is 6.01. The Morgan fingerprint density at radius 1 is 1.28 bits per heavy atom. The molecule has 3 heterocycles. The van der Waals surface area contributed by atoms with E-state index in [1.807, 2.05) is 64.1 Å². The van der Waals surface area contributed by atoms with E-state index in [2.05, 4.69) is 15.6 Å². The second kappa shape index (κ2) is 8.91. The number of guanidine groups is 1. The van der Waals surface area contributed by atoms with Crippen LogP contribution in [0.2, 0.25) is 0 Å². The highest BCUT2D eigenvalue weighted by molar-refractivity contribution is 5.99. The first kappa shape index (κ1) is 24.3. The van der Waals surface area contributed by atoms with Gasteiger partial charge in [-0.15, -0.1) is 0 Å². The summed E-state index contributed by atoms with van der Waals surface area (Å²) >= 11 is 0. The van der Waals surface area contributed by atoms with Crippen molar-refractivity contribution in [2.45, 2.75) is 76.6 Å². The van der Waals surface area contributed by atoms with Gasteiger partial charge in [0.05, 0.1) is 18.5 Å². The molecule has 8 nitrogen and oxygen atoms in total. The minimum atomic E-state index is -0.437. The minimum absolute atomic E-state index is 0.0197. The zero-order valence-electron chi connectivity index (χ0n) is 21.4. The van der Waals surface area contributed by atoms with Gasteiger partial charge in [-0.05, 0) is 57.2 Å². The van der Waals surface area contributed by atoms with Crippen LogP contribution in [0.1, 0.15) is 76.6 Å². The van der Waals surface area contributed by atoms with Crippen molar-refractivity contribution in [3.63, 3.8) is 0 Å². The highest BCUT2D eigenvalue weighted by Crippen LogP contribution is 2.51. The summed E-state index contributed by atoms with van der Waals surface area (Å²) in [5, 5.41) is 15.2. The van der Waals surface area contributed by atoms with Crippen LogP contribution in [0.4, 0.5) is 0 Å². The number of ether oxygens (including phenoxy) is 1. The van der Waals surface area contributed by atoms with E-state index in [-0.39, 0.29) is 41.3 Å². The first-order valence-electron chi connectivity index (χ1n) is 12.8. The lowest BCUT2D eigenvalue weighted by atomic mass is 9.89. The summed E-state index contributed by atoms with van der Waals surface area (Å²) in [6.45, 7) is 8.05. The summed E-state index contributed by atoms with van der Waals surface area (Å²) in [6.07, 6.45) is 5.81. The topological polar surface area (TPSA) is 107 Å². The number of carbonyl (C=O) groups excluding carboxylic acids is 2. The van der Waals surface area contributed by atoms with Crippen molar-refractivity contribution >= 4 is 17.8 Å². The standard InChI is InChI=1S/C28H35N5O3/c1-5-28(4)15-23(34)33(26(29)32-28)24(17-9-8-12-30-16-17)19-13-20(19)25(35)31-21-14-27(2,3)36-22-11-7-6-10-18(21)22/h6-12,16,19-21,24H,5,13-15H2,1-4H3,(H2,29,32)(H,31,35)/t19-,20-,21+,24-,28-/m1/s1. The zero-order chi connectivity index (χ0) is 25.7. The molecule has 0 spiro atoms. The predicted octanol–water partition coefficient (Wildman–Crippen LogP) is 4.10. The second-order valence-electron chi connectivity index (χ2n) is 11.2. The van der Waals surface area contributed by atoms with Crippen molar-refractivity contribution in [3.8, 4) is 5.75 Å². The number of hydrogen-bond acceptors (Lipinski definition) is 5. The van der Waals surface area contributed by atoms with E-state index in [4.69, 9.17) is 10.1 Å². The number of amides is 2. The molecule has 190 valence electrons. The largest absolute Gasteiger partial charge is 0.487 e. The first-order valence-corrected chi connectivity index (χ1v) is 12.8. The van der Waals surface area contributed by atoms with Gasteiger partial charge in [-0.2, -0.15) is 0 Å². The van der Waals surface area contributed by atoms with Gasteiger partial charge >= 0.3 is 0 Å². The fourth-order valence-corrected chi connectivity index (χ4v) is 5.66. The van der Waals surface area contributed by atoms with Crippen LogP contribution in [0.25, 0.3) is 0 Å². The summed E-state index contributed by atoms with van der Waals surface area (Å²) in [5.41, 5.74) is 1.01. The fraction of sp³-hybridized carbons (Fsp3) is 0.500. The second-order valence-corrected chi connectivity index (χ2v) is 11.2. The Balaban J connectivity index is 1.37. The lowest BCUT2D eigenvalue weighted by Gasteiger charge is -2.43. The number of para-hydroxylation sites is 1. The quantitative estimate of drug-likeness (QED) is 0.566. The number of aromatic nitrogens is 1. The molecule has 1 saturated heterocycles. The molecule has 1 aromatic heterocycles. The molecule has 3 N–H and O–H groups in total. The van der Waals surface area contributed by atoms with Gasteiger partial charge in [-0.25, -0.2) is 0 Å². The normalized spacial score (nSPS) is 29.4. The average molecular weight is 490 g/mol. The van der Waals surface area contributed by atoms with Crippen LogP contribution in [-0.2, 0) is 9.59 Å². The molecule has 1 aliphatic carbocycles. The Hall–Kier alpha value is -3.42. The molecule has 5 rings (SSSR count). The van der Waals surface area contributed by atoms with Crippen LogP contribution < -0.4 is 15.4 Å². The Morgan fingerprint density at radius 3 is 2.75 bits per heavy atom. The third-order valence-corrected chi connectivity index (χ3v) is 7.83. The van der Waals surface area contributed by atoms with Crippen molar-refractivity contribution in [2.24, 2.45) is 11.8 Å². The van der Waals surface area contributed by atoms with Crippen molar-refractivity contribution in [2.75, 3.05) is 0 Å². The summed E-state index contributed by atoms with van der Waals surface area (Å²) < 4.78 is 6.12. The summed E-state index contributed by atoms with van der Waals surface area (Å²) in [5.74, 6) is 0.451. The number of pyridine rings is 1. The Bertz CT molecular complexity index is 1160. The molecule has 5 atom stereocenters. The first-order chi connectivity index (χ1) is 17.1. The Labute approximate surface area is 212 Å². The van der Waals surface area contributed by atoms with Gasteiger partial charge in [0.1, 0.15) is 11.4 Å². The minimum Gasteiger partial charge on any atom is -0.487 e. The van der Waals surface area contributed by atoms with E-state index in [1.54, 1.807) is 17.3 Å². The maximum atomic E-state index is 13.5. The monoisotopic (exact) mass is 489 g/mol. The van der Waals surface area contributed by atoms with E-state index < -0.39 is 11.6 Å². The molecular weight excluding hydrogens is 454 g/mol. The van der Waals surface area contributed by atoms with Crippen molar-refractivity contribution in [1.29, 1.82) is 5.41 Å². The van der Waals surface area contributed by atoms with Crippen molar-refractivity contribution in [1.82, 2.24) is 20.5 Å². The van der Waals surface area contributed by atoms with E-state index in [9.17, 15) is 9.59 Å². The summed E-state index contributed by atoms with van der Waals surface area (Å²) in [6, 6.07) is 11.1. The number of nitrogens with one attached hydrogen (secondary N) is 3. The number of benzene rings is 1. The fourth-order valence-electron chi connectivity index (χ4n) is 5.66. The molecular formula is C28H35N5O3. The summed E-state index contributed by atoms with van der Waals surface area (Å²) in [7, 11) is 0. The van der Waals surface area contributed by atoms with E-state index in [0.717, 1.165) is 23.3 Å². The van der Waals surface area contributed by atoms with Gasteiger partial charge in [0.15, 0.2) is 5.96 Å². The SMILES string of the molecule is CC[C@]1(C)CC(=O)N([C@H](c2cccnc2)[C@@H]2C[C@H]2C(=O)N[C@H]2CC(C)(C)Oc3ccccc32)C(=N)N1. The number of fused-ring (bicyclic) bond motifs is 1. The van der Waals surface area contributed by atoms with E-state index >= 15 is 0 Å². The molecule has 2 amide bonds. The van der Waals surface area contributed by atoms with E-state index in [1.165, 1.54) is 0 Å². The zero-order valence-corrected chi connectivity index (χ0v) is 21.4. The van der Waals surface area contributed by atoms with Crippen LogP contribution in [-0.4, -0.2) is 38.8 Å². The number of carbonyl (C=O) groups is 2. The van der Waals surface area contributed by atoms with Gasteiger partial charge in [0.25, 0.3) is 0 Å². The van der Waals surface area contributed by atoms with Crippen LogP contribution in [0.15, 0.2) is 48.8 Å². The van der Waals surface area contributed by atoms with E-state index in [0.29, 0.717) is 19.3 Å². The molecule has 3 aliphatic rings. The highest BCUT2D eigenvalue weighted by Gasteiger charge is 2.54. The van der Waals surface area contributed by atoms with Crippen molar-refractivity contribution < 1.29 is 14.3 Å². The third kappa shape index (κ3) is 4.56. The third-order valence-electron chi connectivity index (χ3n) is 7.83. The predicted molar refractivity (Wildman–Crippen MR) is 136 cm³/mol. The molecule has 1 saturated carbocycles. The lowest BCUT2D eigenvalue weighted by Crippen LogP contribution is -2.61. The highest BCUT2D eigenvalue weighted by atomic mass is 16.5. The molecule has 36 heavy (non-hydrogen) atoms. The van der Waals surface area contributed by atoms with Crippen molar-refractivity contribution in [3.05, 3.63) is 59.9 Å². The lowest BCUT2D eigenvalue weighted by molar-refractivity contribution is -0.133. The van der Waals surface area contributed by atoms with Gasteiger partial charge in [-0.3, -0.25) is 24.9 Å². The summed E-state index contributed by atoms with van der Waals surface area (Å²) in [4.78, 5) is 32.6. The molecule has 0 radical (unpaired) electrons. The smallest absolute Gasteiger partial charge is 0.232 e. The van der Waals surface area contributed by atoms with Gasteiger partial charge in [0.2, 0.25) is 11.8 Å². The van der Waals surface area contributed by atoms with Crippen LogP contribution in [0.5, 0.6) is 5.75 Å². The number of nitrogens with zero attached hydrogens (tertiary/aromatic N) is 2. The van der Waals surface area contributed by atoms with Crippen LogP contribution in [0.3, 0.4) is 0 Å². The molecule has 1 aromatic carbocycles. The molecule has 2 fully saturated rings. The molecule has 2 aliphatic heterocycles. The molecule has 0 unspecified atom stereocenters. The van der Waals surface area contributed by atoms with Gasteiger partial charge < -0.3 is 15.4 Å². The molecule has 8 heteroatoms. The Morgan fingerprint density at radius 2 is 2.06 bits per heavy atom. The number of rotatable bonds is 6.